The van der Waals surface area contributed by atoms with Crippen LogP contribution in [0.25, 0.3) is 11.1 Å². The van der Waals surface area contributed by atoms with Crippen LogP contribution in [0.4, 0.5) is 4.39 Å². The number of hydrogen-bond donors (Lipinski definition) is 2. The van der Waals surface area contributed by atoms with Crippen LogP contribution in [0.2, 0.25) is 0 Å². The Morgan fingerprint density at radius 1 is 1.15 bits per heavy atom. The second-order valence-electron chi connectivity index (χ2n) is 4.98. The quantitative estimate of drug-likeness (QED) is 0.900. The van der Waals surface area contributed by atoms with Gasteiger partial charge >= 0.3 is 0 Å². The number of hydrogen-bond acceptors (Lipinski definition) is 3. The molecule has 0 aromatic heterocycles. The average molecular weight is 272 g/mol. The molecule has 3 nitrogen and oxygen atoms in total. The first-order valence-electron chi connectivity index (χ1n) is 6.70. The summed E-state index contributed by atoms with van der Waals surface area (Å²) in [6, 6.07) is 10.8. The molecule has 3 rings (SSSR count). The van der Waals surface area contributed by atoms with Crippen molar-refractivity contribution >= 4 is 0 Å². The molecule has 1 atom stereocenters. The fourth-order valence-corrected chi connectivity index (χ4v) is 2.69. The van der Waals surface area contributed by atoms with E-state index in [2.05, 4.69) is 0 Å². The zero-order valence-electron chi connectivity index (χ0n) is 11.1. The van der Waals surface area contributed by atoms with Crippen LogP contribution >= 0.6 is 0 Å². The van der Waals surface area contributed by atoms with Crippen LogP contribution < -0.4 is 16.2 Å². The van der Waals surface area contributed by atoms with E-state index in [0.29, 0.717) is 19.5 Å². The normalized spacial score (nSPS) is 16.9. The molecule has 104 valence electrons. The van der Waals surface area contributed by atoms with Crippen LogP contribution in [0.15, 0.2) is 36.4 Å². The third-order valence-electron chi connectivity index (χ3n) is 3.65. The standard InChI is InChI=1S/C16H17FN2O/c17-12-5-11-6-13(9-19)20-16(11)15(7-12)14-4-2-1-3-10(14)8-18/h1-5,7,13H,6,8-9,18-19H2. The van der Waals surface area contributed by atoms with E-state index < -0.39 is 0 Å². The molecule has 2 aromatic rings. The first-order chi connectivity index (χ1) is 9.72. The van der Waals surface area contributed by atoms with Crippen molar-refractivity contribution in [2.45, 2.75) is 19.1 Å². The number of halogens is 1. The molecule has 0 fully saturated rings. The van der Waals surface area contributed by atoms with Gasteiger partial charge in [0.25, 0.3) is 0 Å². The second-order valence-corrected chi connectivity index (χ2v) is 4.98. The van der Waals surface area contributed by atoms with Gasteiger partial charge in [0.05, 0.1) is 0 Å². The summed E-state index contributed by atoms with van der Waals surface area (Å²) in [5.74, 6) is 0.481. The molecule has 1 heterocycles. The summed E-state index contributed by atoms with van der Waals surface area (Å²) in [7, 11) is 0. The highest BCUT2D eigenvalue weighted by molar-refractivity contribution is 5.75. The van der Waals surface area contributed by atoms with Gasteiger partial charge < -0.3 is 16.2 Å². The van der Waals surface area contributed by atoms with Crippen LogP contribution in [0.5, 0.6) is 5.75 Å². The lowest BCUT2D eigenvalue weighted by atomic mass is 9.96. The predicted octanol–water partition coefficient (Wildman–Crippen LogP) is 2.21. The lowest BCUT2D eigenvalue weighted by Gasteiger charge is -2.13. The number of benzene rings is 2. The van der Waals surface area contributed by atoms with Crippen molar-refractivity contribution in [2.75, 3.05) is 6.54 Å². The van der Waals surface area contributed by atoms with Crippen LogP contribution in [-0.2, 0) is 13.0 Å². The van der Waals surface area contributed by atoms with E-state index in [1.807, 2.05) is 24.3 Å². The minimum absolute atomic E-state index is 0.0735. The van der Waals surface area contributed by atoms with Crippen LogP contribution in [0.3, 0.4) is 0 Å². The first kappa shape index (κ1) is 13.1. The molecular weight excluding hydrogens is 255 g/mol. The predicted molar refractivity (Wildman–Crippen MR) is 76.9 cm³/mol. The van der Waals surface area contributed by atoms with Crippen molar-refractivity contribution in [2.24, 2.45) is 11.5 Å². The summed E-state index contributed by atoms with van der Waals surface area (Å²) >= 11 is 0. The van der Waals surface area contributed by atoms with Gasteiger partial charge in [-0.15, -0.1) is 0 Å². The van der Waals surface area contributed by atoms with Crippen molar-refractivity contribution in [1.82, 2.24) is 0 Å². The van der Waals surface area contributed by atoms with Crippen LogP contribution in [0, 0.1) is 5.82 Å². The van der Waals surface area contributed by atoms with E-state index >= 15 is 0 Å². The average Bonchev–Trinajstić information content (AvgIpc) is 2.89. The number of fused-ring (bicyclic) bond motifs is 1. The van der Waals surface area contributed by atoms with Gasteiger partial charge in [0.1, 0.15) is 17.7 Å². The SMILES string of the molecule is NCc1ccccc1-c1cc(F)cc2c1OC(CN)C2. The maximum atomic E-state index is 13.9. The Labute approximate surface area is 117 Å². The molecule has 4 N–H and O–H groups in total. The van der Waals surface area contributed by atoms with Gasteiger partial charge in [-0.25, -0.2) is 4.39 Å². The molecule has 1 aliphatic rings. The lowest BCUT2D eigenvalue weighted by molar-refractivity contribution is 0.242. The lowest BCUT2D eigenvalue weighted by Crippen LogP contribution is -2.24. The van der Waals surface area contributed by atoms with Crippen molar-refractivity contribution in [1.29, 1.82) is 0 Å². The molecular formula is C16H17FN2O. The van der Waals surface area contributed by atoms with Crippen LogP contribution in [-0.4, -0.2) is 12.6 Å². The zero-order valence-corrected chi connectivity index (χ0v) is 11.1. The van der Waals surface area contributed by atoms with Gasteiger partial charge in [-0.2, -0.15) is 0 Å². The number of rotatable bonds is 3. The maximum Gasteiger partial charge on any atom is 0.131 e. The molecule has 0 spiro atoms. The third kappa shape index (κ3) is 2.17. The molecule has 4 heteroatoms. The van der Waals surface area contributed by atoms with E-state index in [1.54, 1.807) is 0 Å². The van der Waals surface area contributed by atoms with Gasteiger partial charge in [0, 0.05) is 30.6 Å². The molecule has 1 aliphatic heterocycles. The summed E-state index contributed by atoms with van der Waals surface area (Å²) < 4.78 is 19.7. The Bertz CT molecular complexity index is 642. The Hall–Kier alpha value is -1.91. The Kier molecular flexibility index (Phi) is 3.42. The van der Waals surface area contributed by atoms with Gasteiger partial charge in [-0.1, -0.05) is 24.3 Å². The fourth-order valence-electron chi connectivity index (χ4n) is 2.69. The number of ether oxygens (including phenoxy) is 1. The van der Waals surface area contributed by atoms with E-state index in [1.165, 1.54) is 12.1 Å². The summed E-state index contributed by atoms with van der Waals surface area (Å²) in [4.78, 5) is 0. The van der Waals surface area contributed by atoms with Crippen molar-refractivity contribution in [3.63, 3.8) is 0 Å². The highest BCUT2D eigenvalue weighted by Gasteiger charge is 2.26. The van der Waals surface area contributed by atoms with Gasteiger partial charge in [-0.05, 0) is 23.3 Å². The molecule has 20 heavy (non-hydrogen) atoms. The molecule has 0 bridgehead atoms. The van der Waals surface area contributed by atoms with E-state index in [4.69, 9.17) is 16.2 Å². The maximum absolute atomic E-state index is 13.9. The topological polar surface area (TPSA) is 61.3 Å². The zero-order chi connectivity index (χ0) is 14.1. The highest BCUT2D eigenvalue weighted by atomic mass is 19.1. The van der Waals surface area contributed by atoms with Crippen molar-refractivity contribution in [3.05, 3.63) is 53.3 Å². The first-order valence-corrected chi connectivity index (χ1v) is 6.70. The van der Waals surface area contributed by atoms with Crippen molar-refractivity contribution < 1.29 is 9.13 Å². The molecule has 0 saturated heterocycles. The Morgan fingerprint density at radius 3 is 2.70 bits per heavy atom. The monoisotopic (exact) mass is 272 g/mol. The minimum atomic E-state index is -0.258. The van der Waals surface area contributed by atoms with Crippen LogP contribution in [0.1, 0.15) is 11.1 Å². The summed E-state index contributed by atoms with van der Waals surface area (Å²) in [6.07, 6.45) is 0.581. The Balaban J connectivity index is 2.16. The number of nitrogens with two attached hydrogens (primary N) is 2. The molecule has 0 amide bonds. The largest absolute Gasteiger partial charge is 0.488 e. The van der Waals surface area contributed by atoms with Gasteiger partial charge in [-0.3, -0.25) is 0 Å². The van der Waals surface area contributed by atoms with Gasteiger partial charge in [0.2, 0.25) is 0 Å². The van der Waals surface area contributed by atoms with E-state index in [0.717, 1.165) is 28.0 Å². The fraction of sp³-hybridized carbons (Fsp3) is 0.250. The second kappa shape index (κ2) is 5.23. The van der Waals surface area contributed by atoms with E-state index in [9.17, 15) is 4.39 Å². The summed E-state index contributed by atoms with van der Waals surface area (Å²) in [6.45, 7) is 0.829. The Morgan fingerprint density at radius 2 is 1.95 bits per heavy atom. The third-order valence-corrected chi connectivity index (χ3v) is 3.65. The highest BCUT2D eigenvalue weighted by Crippen LogP contribution is 2.40. The molecule has 2 aromatic carbocycles. The summed E-state index contributed by atoms with van der Waals surface area (Å²) in [5, 5.41) is 0. The van der Waals surface area contributed by atoms with E-state index in [-0.39, 0.29) is 11.9 Å². The molecule has 0 saturated carbocycles. The van der Waals surface area contributed by atoms with Gasteiger partial charge in [0.15, 0.2) is 0 Å². The molecule has 1 unspecified atom stereocenters. The minimum Gasteiger partial charge on any atom is -0.488 e. The molecule has 0 aliphatic carbocycles. The smallest absolute Gasteiger partial charge is 0.131 e. The van der Waals surface area contributed by atoms with Crippen molar-refractivity contribution in [3.8, 4) is 16.9 Å². The molecule has 0 radical (unpaired) electrons. The summed E-state index contributed by atoms with van der Waals surface area (Å²) in [5.41, 5.74) is 15.0.